The van der Waals surface area contributed by atoms with E-state index in [1.54, 1.807) is 6.20 Å². The van der Waals surface area contributed by atoms with Crippen LogP contribution in [0.25, 0.3) is 27.6 Å². The smallest absolute Gasteiger partial charge is 0.250 e. The Morgan fingerprint density at radius 2 is 1.83 bits per heavy atom. The summed E-state index contributed by atoms with van der Waals surface area (Å²) < 4.78 is 2.78. The van der Waals surface area contributed by atoms with Gasteiger partial charge in [0.25, 0.3) is 5.91 Å². The van der Waals surface area contributed by atoms with Gasteiger partial charge in [0.15, 0.2) is 9.35 Å². The third-order valence-corrected chi connectivity index (χ3v) is 7.93. The van der Waals surface area contributed by atoms with E-state index < -0.39 is 0 Å². The predicted molar refractivity (Wildman–Crippen MR) is 141 cm³/mol. The number of nitrogens with zero attached hydrogens (tertiary/aromatic N) is 5. The first-order valence-electron chi connectivity index (χ1n) is 10.7. The fourth-order valence-electron chi connectivity index (χ4n) is 3.38. The van der Waals surface area contributed by atoms with Gasteiger partial charge in [-0.3, -0.25) is 14.3 Å². The minimum Gasteiger partial charge on any atom is -0.283 e. The molecule has 0 spiro atoms. The highest BCUT2D eigenvalue weighted by molar-refractivity contribution is 8.01. The quantitative estimate of drug-likeness (QED) is 0.239. The van der Waals surface area contributed by atoms with Crippen molar-refractivity contribution in [3.8, 4) is 27.6 Å². The Balaban J connectivity index is 1.34. The van der Waals surface area contributed by atoms with Gasteiger partial charge in [0, 0.05) is 11.6 Å². The van der Waals surface area contributed by atoms with Gasteiger partial charge in [-0.15, -0.1) is 26.6 Å². The monoisotopic (exact) mass is 516 g/mol. The number of hydrogen-bond acceptors (Lipinski definition) is 8. The third-order valence-electron chi connectivity index (χ3n) is 5.03. The number of amides is 1. The lowest BCUT2D eigenvalue weighted by molar-refractivity contribution is -0.118. The number of thioether (sulfide) groups is 1. The van der Waals surface area contributed by atoms with Crippen LogP contribution < -0.4 is 10.2 Å². The summed E-state index contributed by atoms with van der Waals surface area (Å²) in [5.74, 6) is -0.0302. The second-order valence-electron chi connectivity index (χ2n) is 7.41. The van der Waals surface area contributed by atoms with E-state index >= 15 is 0 Å². The average Bonchev–Trinajstić information content (AvgIpc) is 3.55. The molecule has 0 bridgehead atoms. The Kier molecular flexibility index (Phi) is 7.12. The number of aromatic nitrogens is 4. The highest BCUT2D eigenvalue weighted by atomic mass is 32.2. The average molecular weight is 517 g/mol. The molecule has 1 N–H and O–H groups in total. The van der Waals surface area contributed by atoms with Crippen LogP contribution in [0.2, 0.25) is 0 Å². The number of hydrogen-bond donors (Lipinski definition) is 1. The van der Waals surface area contributed by atoms with Gasteiger partial charge >= 0.3 is 0 Å². The van der Waals surface area contributed by atoms with Crippen LogP contribution in [0.1, 0.15) is 5.56 Å². The molecule has 0 aliphatic carbocycles. The molecule has 0 unspecified atom stereocenters. The molecule has 10 heteroatoms. The lowest BCUT2D eigenvalue weighted by Gasteiger charge is -2.12. The van der Waals surface area contributed by atoms with Gasteiger partial charge in [0.1, 0.15) is 5.69 Å². The molecule has 7 nitrogen and oxygen atoms in total. The number of carbonyl (C=O) groups excluding carboxylic acids is 1. The highest BCUT2D eigenvalue weighted by Crippen LogP contribution is 2.28. The molecule has 174 valence electrons. The number of carbonyl (C=O) groups is 1. The van der Waals surface area contributed by atoms with Crippen molar-refractivity contribution in [2.24, 2.45) is 5.10 Å². The fourth-order valence-corrected chi connectivity index (χ4v) is 5.86. The van der Waals surface area contributed by atoms with E-state index in [2.05, 4.69) is 66.8 Å². The molecule has 0 fully saturated rings. The zero-order valence-corrected chi connectivity index (χ0v) is 21.1. The number of thiazole rings is 1. The van der Waals surface area contributed by atoms with Crippen LogP contribution in [-0.4, -0.2) is 31.4 Å². The summed E-state index contributed by atoms with van der Waals surface area (Å²) in [7, 11) is 0. The maximum absolute atomic E-state index is 12.6. The van der Waals surface area contributed by atoms with Crippen molar-refractivity contribution in [1.29, 1.82) is 0 Å². The second kappa shape index (κ2) is 10.8. The van der Waals surface area contributed by atoms with Crippen molar-refractivity contribution in [2.75, 3.05) is 5.75 Å². The molecule has 0 aliphatic heterocycles. The van der Waals surface area contributed by atoms with E-state index in [0.717, 1.165) is 33.2 Å². The molecule has 0 saturated heterocycles. The number of aryl methyl sites for hydroxylation is 1. The van der Waals surface area contributed by atoms with Crippen molar-refractivity contribution in [2.45, 2.75) is 11.3 Å². The van der Waals surface area contributed by atoms with Crippen LogP contribution >= 0.6 is 34.4 Å². The zero-order valence-electron chi connectivity index (χ0n) is 18.7. The first-order chi connectivity index (χ1) is 17.2. The molecule has 3 heterocycles. The lowest BCUT2D eigenvalue weighted by atomic mass is 10.1. The molecule has 3 aromatic heterocycles. The summed E-state index contributed by atoms with van der Waals surface area (Å²) in [4.78, 5) is 17.5. The maximum Gasteiger partial charge on any atom is 0.250 e. The Bertz CT molecular complexity index is 1510. The molecular formula is C25H20N6OS3. The molecule has 1 amide bonds. The van der Waals surface area contributed by atoms with Crippen molar-refractivity contribution in [3.05, 3.63) is 94.7 Å². The first kappa shape index (κ1) is 23.2. The van der Waals surface area contributed by atoms with Crippen LogP contribution in [0.3, 0.4) is 0 Å². The van der Waals surface area contributed by atoms with Crippen LogP contribution in [-0.2, 0) is 4.79 Å². The van der Waals surface area contributed by atoms with Gasteiger partial charge in [-0.1, -0.05) is 77.7 Å². The van der Waals surface area contributed by atoms with E-state index in [9.17, 15) is 4.79 Å². The molecule has 5 aromatic rings. The van der Waals surface area contributed by atoms with Gasteiger partial charge in [-0.2, -0.15) is 0 Å². The van der Waals surface area contributed by atoms with Crippen molar-refractivity contribution in [1.82, 2.24) is 25.2 Å². The first-order valence-corrected chi connectivity index (χ1v) is 13.4. The van der Waals surface area contributed by atoms with Gasteiger partial charge in [0.05, 0.1) is 17.1 Å². The van der Waals surface area contributed by atoms with Gasteiger partial charge in [-0.05, 0) is 36.2 Å². The standard InChI is InChI=1S/C25H20N6OS3/c1-17-9-5-6-13-20(17)31-21(18-10-3-2-4-11-18)15-33-24(31)29-27-22(32)16-34-25-30-28-23(35-25)19-12-7-8-14-26-19/h2-15H,16H2,1H3,(H,27,32)/b29-24+. The summed E-state index contributed by atoms with van der Waals surface area (Å²) in [6, 6.07) is 23.9. The van der Waals surface area contributed by atoms with Gasteiger partial charge < -0.3 is 0 Å². The number of para-hydroxylation sites is 1. The Morgan fingerprint density at radius 1 is 1.03 bits per heavy atom. The van der Waals surface area contributed by atoms with Gasteiger partial charge in [0.2, 0.25) is 4.80 Å². The lowest BCUT2D eigenvalue weighted by Crippen LogP contribution is -2.25. The van der Waals surface area contributed by atoms with Crippen molar-refractivity contribution < 1.29 is 4.79 Å². The molecule has 0 radical (unpaired) electrons. The van der Waals surface area contributed by atoms with Crippen LogP contribution in [0.4, 0.5) is 0 Å². The molecule has 0 saturated carbocycles. The normalized spacial score (nSPS) is 11.5. The van der Waals surface area contributed by atoms with E-state index in [0.29, 0.717) is 9.14 Å². The minimum absolute atomic E-state index is 0.182. The third kappa shape index (κ3) is 5.40. The Labute approximate surface area is 214 Å². The summed E-state index contributed by atoms with van der Waals surface area (Å²) in [5, 5.41) is 15.6. The van der Waals surface area contributed by atoms with Crippen LogP contribution in [0.5, 0.6) is 0 Å². The SMILES string of the molecule is Cc1ccccc1-n1c(-c2ccccc2)cs/c1=N/NC(=O)CSc1nnc(-c2ccccn2)s1. The number of benzene rings is 2. The Morgan fingerprint density at radius 3 is 2.63 bits per heavy atom. The number of rotatable bonds is 7. The molecule has 35 heavy (non-hydrogen) atoms. The molecular weight excluding hydrogens is 497 g/mol. The second-order valence-corrected chi connectivity index (χ2v) is 10.5. The molecule has 5 rings (SSSR count). The predicted octanol–water partition coefficient (Wildman–Crippen LogP) is 5.15. The largest absolute Gasteiger partial charge is 0.283 e. The maximum atomic E-state index is 12.6. The number of nitrogens with one attached hydrogen (secondary N) is 1. The molecule has 2 aromatic carbocycles. The topological polar surface area (TPSA) is 85.1 Å². The summed E-state index contributed by atoms with van der Waals surface area (Å²) in [6.45, 7) is 2.06. The van der Waals surface area contributed by atoms with Crippen molar-refractivity contribution in [3.63, 3.8) is 0 Å². The van der Waals surface area contributed by atoms with E-state index in [-0.39, 0.29) is 11.7 Å². The molecule has 0 aliphatic rings. The molecule has 0 atom stereocenters. The highest BCUT2D eigenvalue weighted by Gasteiger charge is 2.13. The summed E-state index contributed by atoms with van der Waals surface area (Å²) in [6.07, 6.45) is 1.72. The fraction of sp³-hybridized carbons (Fsp3) is 0.0800. The van der Waals surface area contributed by atoms with E-state index in [1.807, 2.05) is 48.5 Å². The van der Waals surface area contributed by atoms with E-state index in [4.69, 9.17) is 0 Å². The minimum atomic E-state index is -0.212. The van der Waals surface area contributed by atoms with Crippen LogP contribution in [0, 0.1) is 6.92 Å². The van der Waals surface area contributed by atoms with Gasteiger partial charge in [-0.25, -0.2) is 5.43 Å². The van der Waals surface area contributed by atoms with E-state index in [1.165, 1.54) is 34.4 Å². The van der Waals surface area contributed by atoms with Crippen LogP contribution in [0.15, 0.2) is 93.8 Å². The number of pyridine rings is 1. The zero-order chi connectivity index (χ0) is 24.0. The Hall–Kier alpha value is -3.60. The summed E-state index contributed by atoms with van der Waals surface area (Å²) >= 11 is 4.22. The van der Waals surface area contributed by atoms with Crippen molar-refractivity contribution >= 4 is 40.3 Å². The summed E-state index contributed by atoms with van der Waals surface area (Å²) in [5.41, 5.74) is 7.70.